The molecule has 0 saturated carbocycles. The number of nitrogens with one attached hydrogen (secondary N) is 1. The predicted molar refractivity (Wildman–Crippen MR) is 89.5 cm³/mol. The van der Waals surface area contributed by atoms with Gasteiger partial charge in [0.15, 0.2) is 0 Å². The molecule has 3 rings (SSSR count). The lowest BCUT2D eigenvalue weighted by Gasteiger charge is -2.11. The number of aryl methyl sites for hydroxylation is 1. The van der Waals surface area contributed by atoms with Gasteiger partial charge in [0.05, 0.1) is 10.7 Å². The molecule has 1 aromatic heterocycles. The number of halogens is 1. The maximum atomic E-state index is 12.0. The molecule has 1 fully saturated rings. The van der Waals surface area contributed by atoms with Gasteiger partial charge in [-0.2, -0.15) is 0 Å². The van der Waals surface area contributed by atoms with Crippen molar-refractivity contribution in [2.45, 2.75) is 13.8 Å². The van der Waals surface area contributed by atoms with Crippen LogP contribution in [0.5, 0.6) is 0 Å². The molecule has 2 aromatic rings. The minimum Gasteiger partial charge on any atom is -0.316 e. The molecule has 0 aliphatic carbocycles. The maximum Gasteiger partial charge on any atom is 0.328 e. The first-order chi connectivity index (χ1) is 10.9. The van der Waals surface area contributed by atoms with Crippen molar-refractivity contribution in [3.63, 3.8) is 0 Å². The monoisotopic (exact) mass is 329 g/mol. The second kappa shape index (κ2) is 5.59. The number of carbonyl (C=O) groups excluding carboxylic acids is 2. The van der Waals surface area contributed by atoms with Crippen molar-refractivity contribution < 1.29 is 9.59 Å². The highest BCUT2D eigenvalue weighted by Crippen LogP contribution is 2.27. The van der Waals surface area contributed by atoms with Gasteiger partial charge in [-0.1, -0.05) is 23.7 Å². The Morgan fingerprint density at radius 1 is 1.17 bits per heavy atom. The average Bonchev–Trinajstić information content (AvgIpc) is 2.92. The van der Waals surface area contributed by atoms with Crippen LogP contribution in [0.1, 0.15) is 17.0 Å². The Labute approximate surface area is 139 Å². The number of imide groups is 1. The van der Waals surface area contributed by atoms with Crippen molar-refractivity contribution in [1.82, 2.24) is 14.8 Å². The molecular weight excluding hydrogens is 314 g/mol. The molecule has 2 heterocycles. The van der Waals surface area contributed by atoms with Gasteiger partial charge in [-0.15, -0.1) is 0 Å². The Kier molecular flexibility index (Phi) is 3.74. The second-order valence-electron chi connectivity index (χ2n) is 5.47. The van der Waals surface area contributed by atoms with E-state index in [2.05, 4.69) is 5.32 Å². The summed E-state index contributed by atoms with van der Waals surface area (Å²) in [6.07, 6.45) is 1.69. The number of urea groups is 1. The van der Waals surface area contributed by atoms with E-state index in [1.807, 2.05) is 48.7 Å². The van der Waals surface area contributed by atoms with Crippen molar-refractivity contribution in [3.05, 3.63) is 58.0 Å². The quantitative estimate of drug-likeness (QED) is 0.679. The fourth-order valence-electron chi connectivity index (χ4n) is 2.72. The molecule has 3 amide bonds. The van der Waals surface area contributed by atoms with E-state index in [4.69, 9.17) is 11.6 Å². The Morgan fingerprint density at radius 2 is 1.87 bits per heavy atom. The van der Waals surface area contributed by atoms with Gasteiger partial charge in [-0.05, 0) is 43.7 Å². The normalized spacial score (nSPS) is 16.3. The number of nitrogens with zero attached hydrogens (tertiary/aromatic N) is 2. The minimum atomic E-state index is -0.416. The van der Waals surface area contributed by atoms with Crippen molar-refractivity contribution in [2.75, 3.05) is 7.05 Å². The van der Waals surface area contributed by atoms with E-state index >= 15 is 0 Å². The van der Waals surface area contributed by atoms with Crippen LogP contribution in [0.2, 0.25) is 5.02 Å². The van der Waals surface area contributed by atoms with E-state index in [9.17, 15) is 9.59 Å². The summed E-state index contributed by atoms with van der Waals surface area (Å²) < 4.78 is 2.03. The number of likely N-dealkylation sites (N-methyl/N-ethyl adjacent to an activating group) is 1. The summed E-state index contributed by atoms with van der Waals surface area (Å²) in [6, 6.07) is 9.13. The Morgan fingerprint density at radius 3 is 2.48 bits per heavy atom. The fourth-order valence-corrected chi connectivity index (χ4v) is 2.94. The second-order valence-corrected chi connectivity index (χ2v) is 5.87. The van der Waals surface area contributed by atoms with Gasteiger partial charge in [-0.25, -0.2) is 4.79 Å². The Balaban J connectivity index is 2.08. The maximum absolute atomic E-state index is 12.0. The van der Waals surface area contributed by atoms with Crippen LogP contribution in [0.4, 0.5) is 4.79 Å². The number of para-hydroxylation sites is 1. The highest BCUT2D eigenvalue weighted by Gasteiger charge is 2.30. The van der Waals surface area contributed by atoms with E-state index in [-0.39, 0.29) is 11.6 Å². The van der Waals surface area contributed by atoms with Gasteiger partial charge >= 0.3 is 6.03 Å². The molecule has 0 bridgehead atoms. The molecule has 5 nitrogen and oxygen atoms in total. The number of carbonyl (C=O) groups is 2. The van der Waals surface area contributed by atoms with Gasteiger partial charge in [0.2, 0.25) is 0 Å². The number of hydrogen-bond donors (Lipinski definition) is 1. The SMILES string of the molecule is Cc1cc(/C=C2/NC(=O)N(C)C2=O)c(C)n1-c1ccccc1Cl. The molecule has 1 N–H and O–H groups in total. The van der Waals surface area contributed by atoms with Gasteiger partial charge in [0, 0.05) is 18.4 Å². The van der Waals surface area contributed by atoms with Crippen LogP contribution < -0.4 is 5.32 Å². The molecule has 0 spiro atoms. The van der Waals surface area contributed by atoms with Gasteiger partial charge < -0.3 is 9.88 Å². The minimum absolute atomic E-state index is 0.275. The molecule has 1 aliphatic rings. The zero-order valence-electron chi connectivity index (χ0n) is 13.1. The van der Waals surface area contributed by atoms with Crippen LogP contribution >= 0.6 is 11.6 Å². The first-order valence-electron chi connectivity index (χ1n) is 7.14. The molecule has 1 aliphatic heterocycles. The highest BCUT2D eigenvalue weighted by molar-refractivity contribution is 6.32. The molecule has 6 heteroatoms. The summed E-state index contributed by atoms with van der Waals surface area (Å²) >= 11 is 6.29. The van der Waals surface area contributed by atoms with E-state index in [0.29, 0.717) is 5.02 Å². The van der Waals surface area contributed by atoms with Crippen LogP contribution in [0.15, 0.2) is 36.0 Å². The van der Waals surface area contributed by atoms with Gasteiger partial charge in [-0.3, -0.25) is 9.69 Å². The number of rotatable bonds is 2. The summed E-state index contributed by atoms with van der Waals surface area (Å²) in [5, 5.41) is 3.22. The molecule has 0 radical (unpaired) electrons. The first-order valence-corrected chi connectivity index (χ1v) is 7.52. The summed E-state index contributed by atoms with van der Waals surface area (Å²) in [6.45, 7) is 3.92. The highest BCUT2D eigenvalue weighted by atomic mass is 35.5. The summed E-state index contributed by atoms with van der Waals surface area (Å²) in [4.78, 5) is 24.6. The summed E-state index contributed by atoms with van der Waals surface area (Å²) in [5.74, 6) is -0.336. The molecule has 23 heavy (non-hydrogen) atoms. The molecule has 0 unspecified atom stereocenters. The first kappa shape index (κ1) is 15.4. The van der Waals surface area contributed by atoms with Gasteiger partial charge in [0.1, 0.15) is 5.70 Å². The number of amides is 3. The zero-order valence-corrected chi connectivity index (χ0v) is 13.8. The lowest BCUT2D eigenvalue weighted by molar-refractivity contribution is -0.121. The van der Waals surface area contributed by atoms with Crippen LogP contribution in [0, 0.1) is 13.8 Å². The van der Waals surface area contributed by atoms with Crippen molar-refractivity contribution in [2.24, 2.45) is 0 Å². The van der Waals surface area contributed by atoms with Crippen LogP contribution in [0.3, 0.4) is 0 Å². The van der Waals surface area contributed by atoms with E-state index in [1.165, 1.54) is 7.05 Å². The standard InChI is InChI=1S/C17H16ClN3O2/c1-10-8-12(9-14-16(22)20(3)17(23)19-14)11(2)21(10)15-7-5-4-6-13(15)18/h4-9H,1-3H3,(H,19,23)/b14-9+. The van der Waals surface area contributed by atoms with Crippen molar-refractivity contribution >= 4 is 29.6 Å². The number of hydrogen-bond acceptors (Lipinski definition) is 2. The average molecular weight is 330 g/mol. The third kappa shape index (κ3) is 2.53. The Hall–Kier alpha value is -2.53. The third-order valence-electron chi connectivity index (χ3n) is 3.94. The fraction of sp³-hybridized carbons (Fsp3) is 0.176. The molecule has 1 aromatic carbocycles. The van der Waals surface area contributed by atoms with Crippen LogP contribution in [-0.2, 0) is 4.79 Å². The zero-order chi connectivity index (χ0) is 16.7. The van der Waals surface area contributed by atoms with Crippen molar-refractivity contribution in [1.29, 1.82) is 0 Å². The summed E-state index contributed by atoms with van der Waals surface area (Å²) in [5.41, 5.74) is 3.96. The molecule has 0 atom stereocenters. The number of aromatic nitrogens is 1. The smallest absolute Gasteiger partial charge is 0.316 e. The third-order valence-corrected chi connectivity index (χ3v) is 4.26. The van der Waals surface area contributed by atoms with Gasteiger partial charge in [0.25, 0.3) is 5.91 Å². The van der Waals surface area contributed by atoms with Crippen LogP contribution in [-0.4, -0.2) is 28.5 Å². The largest absolute Gasteiger partial charge is 0.328 e. The topological polar surface area (TPSA) is 54.3 Å². The predicted octanol–water partition coefficient (Wildman–Crippen LogP) is 3.27. The number of benzene rings is 1. The van der Waals surface area contributed by atoms with E-state index in [0.717, 1.165) is 27.5 Å². The molecular formula is C17H16ClN3O2. The van der Waals surface area contributed by atoms with E-state index < -0.39 is 6.03 Å². The van der Waals surface area contributed by atoms with E-state index in [1.54, 1.807) is 6.08 Å². The molecule has 1 saturated heterocycles. The van der Waals surface area contributed by atoms with Crippen LogP contribution in [0.25, 0.3) is 11.8 Å². The molecule has 118 valence electrons. The summed E-state index contributed by atoms with van der Waals surface area (Å²) in [7, 11) is 1.45. The Bertz CT molecular complexity index is 852. The lowest BCUT2D eigenvalue weighted by atomic mass is 10.2. The lowest BCUT2D eigenvalue weighted by Crippen LogP contribution is -2.25. The van der Waals surface area contributed by atoms with Crippen molar-refractivity contribution in [3.8, 4) is 5.69 Å².